The molecule has 0 saturated carbocycles. The molecule has 150 valence electrons. The fraction of sp³-hybridized carbons (Fsp3) is 0.391. The molecule has 0 bridgehead atoms. The number of rotatable bonds is 9. The summed E-state index contributed by atoms with van der Waals surface area (Å²) < 4.78 is 11.4. The van der Waals surface area contributed by atoms with Gasteiger partial charge in [0.05, 0.1) is 12.1 Å². The van der Waals surface area contributed by atoms with E-state index in [1.165, 1.54) is 25.7 Å². The van der Waals surface area contributed by atoms with Crippen LogP contribution in [0.25, 0.3) is 0 Å². The molecule has 2 aromatic carbocycles. The predicted octanol–water partition coefficient (Wildman–Crippen LogP) is 6.56. The Hall–Kier alpha value is -1.68. The molecule has 0 unspecified atom stereocenters. The summed E-state index contributed by atoms with van der Waals surface area (Å²) in [4.78, 5) is 0. The highest BCUT2D eigenvalue weighted by molar-refractivity contribution is 6.32. The van der Waals surface area contributed by atoms with Gasteiger partial charge in [-0.3, -0.25) is 0 Å². The number of ether oxygens (including phenoxy) is 2. The molecule has 0 amide bonds. The highest BCUT2D eigenvalue weighted by Gasteiger charge is 2.12. The highest BCUT2D eigenvalue weighted by atomic mass is 35.5. The summed E-state index contributed by atoms with van der Waals surface area (Å²) in [5.74, 6) is 1.21. The monoisotopic (exact) mass is 419 g/mol. The number of benzene rings is 2. The summed E-state index contributed by atoms with van der Waals surface area (Å²) in [6.45, 7) is 2.13. The minimum absolute atomic E-state index is 0.403. The van der Waals surface area contributed by atoms with E-state index in [2.05, 4.69) is 11.4 Å². The molecule has 0 saturated heterocycles. The number of nitrogens with one attached hydrogen (secondary N) is 1. The molecule has 1 N–H and O–H groups in total. The van der Waals surface area contributed by atoms with Crippen LogP contribution in [0, 0.1) is 0 Å². The van der Waals surface area contributed by atoms with Crippen molar-refractivity contribution < 1.29 is 9.47 Å². The molecule has 3 nitrogen and oxygen atoms in total. The summed E-state index contributed by atoms with van der Waals surface area (Å²) in [5, 5.41) is 4.76. The second-order valence-corrected chi connectivity index (χ2v) is 7.90. The van der Waals surface area contributed by atoms with Gasteiger partial charge in [-0.25, -0.2) is 0 Å². The van der Waals surface area contributed by atoms with Crippen molar-refractivity contribution in [2.24, 2.45) is 0 Å². The second-order valence-electron chi connectivity index (χ2n) is 7.06. The van der Waals surface area contributed by atoms with Crippen LogP contribution < -0.4 is 14.8 Å². The first-order valence-corrected chi connectivity index (χ1v) is 10.5. The van der Waals surface area contributed by atoms with Crippen LogP contribution in [0.1, 0.15) is 43.2 Å². The van der Waals surface area contributed by atoms with E-state index in [9.17, 15) is 0 Å². The lowest BCUT2D eigenvalue weighted by Gasteiger charge is -2.15. The molecule has 0 heterocycles. The molecule has 1 aliphatic carbocycles. The van der Waals surface area contributed by atoms with Crippen LogP contribution in [0.5, 0.6) is 11.5 Å². The van der Waals surface area contributed by atoms with Crippen LogP contribution >= 0.6 is 23.2 Å². The Bertz CT molecular complexity index is 803. The number of methoxy groups -OCH3 is 1. The van der Waals surface area contributed by atoms with Crippen molar-refractivity contribution in [1.82, 2.24) is 5.32 Å². The first kappa shape index (κ1) is 21.0. The maximum atomic E-state index is 6.48. The molecule has 0 fully saturated rings. The largest absolute Gasteiger partial charge is 0.493 e. The Morgan fingerprint density at radius 1 is 1.04 bits per heavy atom. The molecule has 3 rings (SSSR count). The molecule has 28 heavy (non-hydrogen) atoms. The van der Waals surface area contributed by atoms with Crippen LogP contribution in [0.4, 0.5) is 0 Å². The first-order chi connectivity index (χ1) is 13.7. The standard InChI is InChI=1S/C23H27Cl2NO2/c1-27-22-14-19(15-26-12-11-17-5-3-2-4-6-17)13-21(25)23(22)28-16-18-7-9-20(24)10-8-18/h5,7-10,13-14,26H,2-4,6,11-12,15-16H2,1H3. The van der Waals surface area contributed by atoms with Gasteiger partial charge in [-0.1, -0.05) is 47.0 Å². The van der Waals surface area contributed by atoms with Crippen LogP contribution in [-0.4, -0.2) is 13.7 Å². The van der Waals surface area contributed by atoms with Gasteiger partial charge in [0.15, 0.2) is 11.5 Å². The Morgan fingerprint density at radius 2 is 1.86 bits per heavy atom. The van der Waals surface area contributed by atoms with E-state index in [-0.39, 0.29) is 0 Å². The number of halogens is 2. The molecular formula is C23H27Cl2NO2. The normalized spacial score (nSPS) is 13.9. The Labute approximate surface area is 177 Å². The smallest absolute Gasteiger partial charge is 0.180 e. The van der Waals surface area contributed by atoms with Crippen molar-refractivity contribution in [1.29, 1.82) is 0 Å². The van der Waals surface area contributed by atoms with E-state index in [0.717, 1.165) is 30.6 Å². The van der Waals surface area contributed by atoms with E-state index in [0.29, 0.717) is 28.2 Å². The van der Waals surface area contributed by atoms with Crippen molar-refractivity contribution in [2.75, 3.05) is 13.7 Å². The van der Waals surface area contributed by atoms with E-state index in [1.807, 2.05) is 36.4 Å². The first-order valence-electron chi connectivity index (χ1n) is 9.78. The predicted molar refractivity (Wildman–Crippen MR) is 117 cm³/mol. The van der Waals surface area contributed by atoms with Crippen LogP contribution in [0.2, 0.25) is 10.0 Å². The van der Waals surface area contributed by atoms with Crippen molar-refractivity contribution in [3.63, 3.8) is 0 Å². The van der Waals surface area contributed by atoms with Gasteiger partial charge < -0.3 is 14.8 Å². The lowest BCUT2D eigenvalue weighted by atomic mass is 9.97. The zero-order chi connectivity index (χ0) is 19.8. The van der Waals surface area contributed by atoms with Gasteiger partial charge >= 0.3 is 0 Å². The van der Waals surface area contributed by atoms with E-state index >= 15 is 0 Å². The maximum absolute atomic E-state index is 6.48. The number of allylic oxidation sites excluding steroid dienone is 1. The van der Waals surface area contributed by atoms with Gasteiger partial charge in [0.25, 0.3) is 0 Å². The average Bonchev–Trinajstić information content (AvgIpc) is 2.72. The van der Waals surface area contributed by atoms with Crippen LogP contribution in [-0.2, 0) is 13.2 Å². The molecule has 0 spiro atoms. The van der Waals surface area contributed by atoms with E-state index in [4.69, 9.17) is 32.7 Å². The third-order valence-corrected chi connectivity index (χ3v) is 5.46. The third-order valence-electron chi connectivity index (χ3n) is 4.92. The van der Waals surface area contributed by atoms with E-state index < -0.39 is 0 Å². The Balaban J connectivity index is 1.55. The highest BCUT2D eigenvalue weighted by Crippen LogP contribution is 2.37. The van der Waals surface area contributed by atoms with Gasteiger partial charge in [0.1, 0.15) is 6.61 Å². The Kier molecular flexibility index (Phi) is 8.08. The molecule has 0 atom stereocenters. The summed E-state index contributed by atoms with van der Waals surface area (Å²) in [5.41, 5.74) is 3.68. The molecular weight excluding hydrogens is 393 g/mol. The quantitative estimate of drug-likeness (QED) is 0.368. The number of hydrogen-bond donors (Lipinski definition) is 1. The molecule has 0 aromatic heterocycles. The number of hydrogen-bond acceptors (Lipinski definition) is 3. The maximum Gasteiger partial charge on any atom is 0.180 e. The van der Waals surface area contributed by atoms with Crippen molar-refractivity contribution >= 4 is 23.2 Å². The van der Waals surface area contributed by atoms with Crippen molar-refractivity contribution in [2.45, 2.75) is 45.3 Å². The third kappa shape index (κ3) is 6.16. The van der Waals surface area contributed by atoms with Gasteiger partial charge in [0.2, 0.25) is 0 Å². The van der Waals surface area contributed by atoms with Gasteiger partial charge in [-0.05, 0) is 74.0 Å². The van der Waals surface area contributed by atoms with Gasteiger partial charge in [-0.2, -0.15) is 0 Å². The van der Waals surface area contributed by atoms with Crippen LogP contribution in [0.15, 0.2) is 48.0 Å². The summed E-state index contributed by atoms with van der Waals surface area (Å²) in [6, 6.07) is 11.5. The average molecular weight is 420 g/mol. The summed E-state index contributed by atoms with van der Waals surface area (Å²) >= 11 is 12.4. The minimum atomic E-state index is 0.403. The SMILES string of the molecule is COc1cc(CNCCC2=CCCCC2)cc(Cl)c1OCc1ccc(Cl)cc1. The Morgan fingerprint density at radius 3 is 2.57 bits per heavy atom. The fourth-order valence-electron chi connectivity index (χ4n) is 3.36. The molecule has 5 heteroatoms. The zero-order valence-corrected chi connectivity index (χ0v) is 17.8. The molecule has 0 radical (unpaired) electrons. The van der Waals surface area contributed by atoms with Crippen LogP contribution in [0.3, 0.4) is 0 Å². The molecule has 0 aliphatic heterocycles. The van der Waals surface area contributed by atoms with Crippen molar-refractivity contribution in [3.05, 3.63) is 69.2 Å². The lowest BCUT2D eigenvalue weighted by Crippen LogP contribution is -2.16. The van der Waals surface area contributed by atoms with E-state index in [1.54, 1.807) is 12.7 Å². The summed E-state index contributed by atoms with van der Waals surface area (Å²) in [6.07, 6.45) is 8.67. The molecule has 2 aromatic rings. The summed E-state index contributed by atoms with van der Waals surface area (Å²) in [7, 11) is 1.63. The second kappa shape index (κ2) is 10.8. The molecule has 1 aliphatic rings. The van der Waals surface area contributed by atoms with Gasteiger partial charge in [0, 0.05) is 11.6 Å². The topological polar surface area (TPSA) is 30.5 Å². The zero-order valence-electron chi connectivity index (χ0n) is 16.3. The lowest BCUT2D eigenvalue weighted by molar-refractivity contribution is 0.284. The minimum Gasteiger partial charge on any atom is -0.493 e. The van der Waals surface area contributed by atoms with Crippen molar-refractivity contribution in [3.8, 4) is 11.5 Å². The van der Waals surface area contributed by atoms with Gasteiger partial charge in [-0.15, -0.1) is 0 Å². The fourth-order valence-corrected chi connectivity index (χ4v) is 3.78.